The van der Waals surface area contributed by atoms with Crippen LogP contribution in [0.1, 0.15) is 34.1 Å². The largest absolute Gasteiger partial charge is 0.382 e. The standard InChI is InChI=1S/C12H27N3O3S/c1-5-18-9-6-7-14-11(13)15-8-10-19(16,17)12(2,3)4/h5-10H2,1-4H3,(H3,13,14,15). The molecule has 19 heavy (non-hydrogen) atoms. The Morgan fingerprint density at radius 1 is 1.37 bits per heavy atom. The quantitative estimate of drug-likeness (QED) is 0.387. The van der Waals surface area contributed by atoms with Gasteiger partial charge in [0.1, 0.15) is 0 Å². The first-order valence-electron chi connectivity index (χ1n) is 6.54. The fraction of sp³-hybridized carbons (Fsp3) is 0.917. The molecule has 0 unspecified atom stereocenters. The van der Waals surface area contributed by atoms with Crippen LogP contribution in [0.25, 0.3) is 0 Å². The average Bonchev–Trinajstić information content (AvgIpc) is 2.27. The van der Waals surface area contributed by atoms with E-state index in [1.165, 1.54) is 0 Å². The summed E-state index contributed by atoms with van der Waals surface area (Å²) in [5, 5.41) is 2.81. The number of aliphatic imine (C=N–C) groups is 1. The molecule has 114 valence electrons. The van der Waals surface area contributed by atoms with Crippen molar-refractivity contribution in [1.82, 2.24) is 5.32 Å². The molecule has 0 amide bonds. The summed E-state index contributed by atoms with van der Waals surface area (Å²) in [5.74, 6) is 0.326. The Balaban J connectivity index is 3.92. The second kappa shape index (κ2) is 8.37. The highest BCUT2D eigenvalue weighted by Crippen LogP contribution is 2.14. The number of nitrogens with one attached hydrogen (secondary N) is 1. The number of guanidine groups is 1. The maximum absolute atomic E-state index is 11.8. The van der Waals surface area contributed by atoms with E-state index in [0.29, 0.717) is 19.8 Å². The summed E-state index contributed by atoms with van der Waals surface area (Å²) in [6.07, 6.45) is 0.802. The maximum Gasteiger partial charge on any atom is 0.188 e. The van der Waals surface area contributed by atoms with Crippen LogP contribution in [0.2, 0.25) is 0 Å². The van der Waals surface area contributed by atoms with Gasteiger partial charge in [-0.2, -0.15) is 0 Å². The Bertz CT molecular complexity index is 372. The molecular formula is C12H27N3O3S. The van der Waals surface area contributed by atoms with E-state index in [1.54, 1.807) is 20.8 Å². The molecule has 3 N–H and O–H groups in total. The molecule has 0 aliphatic rings. The van der Waals surface area contributed by atoms with Crippen molar-refractivity contribution in [2.45, 2.75) is 38.9 Å². The molecule has 0 aliphatic heterocycles. The van der Waals surface area contributed by atoms with Crippen LogP contribution in [-0.4, -0.2) is 51.2 Å². The van der Waals surface area contributed by atoms with E-state index in [2.05, 4.69) is 10.3 Å². The fourth-order valence-electron chi connectivity index (χ4n) is 1.19. The summed E-state index contributed by atoms with van der Waals surface area (Å²) >= 11 is 0. The minimum Gasteiger partial charge on any atom is -0.382 e. The lowest BCUT2D eigenvalue weighted by Crippen LogP contribution is -2.39. The molecule has 0 aromatic carbocycles. The predicted molar refractivity (Wildman–Crippen MR) is 79.1 cm³/mol. The van der Waals surface area contributed by atoms with Crippen LogP contribution in [-0.2, 0) is 14.6 Å². The van der Waals surface area contributed by atoms with Crippen molar-refractivity contribution in [3.8, 4) is 0 Å². The molecule has 0 radical (unpaired) electrons. The van der Waals surface area contributed by atoms with Crippen LogP contribution in [0.15, 0.2) is 4.99 Å². The van der Waals surface area contributed by atoms with Gasteiger partial charge >= 0.3 is 0 Å². The number of rotatable bonds is 8. The monoisotopic (exact) mass is 293 g/mol. The normalized spacial score (nSPS) is 13.6. The smallest absolute Gasteiger partial charge is 0.188 e. The highest BCUT2D eigenvalue weighted by Gasteiger charge is 2.28. The zero-order valence-electron chi connectivity index (χ0n) is 12.4. The molecule has 0 atom stereocenters. The lowest BCUT2D eigenvalue weighted by molar-refractivity contribution is 0.146. The van der Waals surface area contributed by atoms with Gasteiger partial charge in [0.15, 0.2) is 15.8 Å². The highest BCUT2D eigenvalue weighted by molar-refractivity contribution is 7.92. The van der Waals surface area contributed by atoms with Crippen LogP contribution in [0.3, 0.4) is 0 Å². The van der Waals surface area contributed by atoms with Crippen molar-refractivity contribution >= 4 is 15.8 Å². The van der Waals surface area contributed by atoms with Gasteiger partial charge in [-0.05, 0) is 34.1 Å². The summed E-state index contributed by atoms with van der Waals surface area (Å²) < 4.78 is 28.1. The SMILES string of the molecule is CCOCCCN=C(N)NCCS(=O)(=O)C(C)(C)C. The van der Waals surface area contributed by atoms with Gasteiger partial charge in [-0.1, -0.05) is 0 Å². The summed E-state index contributed by atoms with van der Waals surface area (Å²) in [6, 6.07) is 0. The molecule has 0 spiro atoms. The van der Waals surface area contributed by atoms with Gasteiger partial charge in [0.25, 0.3) is 0 Å². The van der Waals surface area contributed by atoms with Crippen LogP contribution in [0.4, 0.5) is 0 Å². The van der Waals surface area contributed by atoms with Crippen molar-refractivity contribution in [3.05, 3.63) is 0 Å². The minimum atomic E-state index is -3.12. The number of nitrogens with two attached hydrogens (primary N) is 1. The number of nitrogens with zero attached hydrogens (tertiary/aromatic N) is 1. The van der Waals surface area contributed by atoms with E-state index in [1.807, 2.05) is 6.92 Å². The predicted octanol–water partition coefficient (Wildman–Crippen LogP) is 0.531. The van der Waals surface area contributed by atoms with Crippen LogP contribution in [0.5, 0.6) is 0 Å². The third-order valence-electron chi connectivity index (χ3n) is 2.54. The molecule has 0 rings (SSSR count). The van der Waals surface area contributed by atoms with Crippen molar-refractivity contribution in [2.75, 3.05) is 32.1 Å². The first kappa shape index (κ1) is 18.2. The topological polar surface area (TPSA) is 93.8 Å². The van der Waals surface area contributed by atoms with Gasteiger partial charge in [0, 0.05) is 26.3 Å². The van der Waals surface area contributed by atoms with Gasteiger partial charge in [0.2, 0.25) is 0 Å². The average molecular weight is 293 g/mol. The zero-order chi connectivity index (χ0) is 14.9. The van der Waals surface area contributed by atoms with E-state index in [4.69, 9.17) is 10.5 Å². The number of hydrogen-bond acceptors (Lipinski definition) is 4. The zero-order valence-corrected chi connectivity index (χ0v) is 13.2. The van der Waals surface area contributed by atoms with Crippen molar-refractivity contribution in [3.63, 3.8) is 0 Å². The second-order valence-corrected chi connectivity index (χ2v) is 8.04. The molecule has 7 heteroatoms. The van der Waals surface area contributed by atoms with Crippen LogP contribution >= 0.6 is 0 Å². The van der Waals surface area contributed by atoms with E-state index in [0.717, 1.165) is 6.42 Å². The molecule has 0 saturated carbocycles. The van der Waals surface area contributed by atoms with E-state index in [9.17, 15) is 8.42 Å². The molecule has 0 fully saturated rings. The van der Waals surface area contributed by atoms with E-state index >= 15 is 0 Å². The van der Waals surface area contributed by atoms with Gasteiger partial charge < -0.3 is 15.8 Å². The Morgan fingerprint density at radius 2 is 2.00 bits per heavy atom. The first-order valence-corrected chi connectivity index (χ1v) is 8.19. The highest BCUT2D eigenvalue weighted by atomic mass is 32.2. The third-order valence-corrected chi connectivity index (χ3v) is 5.15. The molecular weight excluding hydrogens is 266 g/mol. The molecule has 0 heterocycles. The maximum atomic E-state index is 11.8. The van der Waals surface area contributed by atoms with Gasteiger partial charge in [-0.25, -0.2) is 8.42 Å². The number of hydrogen-bond donors (Lipinski definition) is 2. The van der Waals surface area contributed by atoms with Gasteiger partial charge in [-0.3, -0.25) is 4.99 Å². The Labute approximate surface area is 116 Å². The Hall–Kier alpha value is -0.820. The number of ether oxygens (including phenoxy) is 1. The Kier molecular flexibility index (Phi) is 8.01. The minimum absolute atomic E-state index is 0.0473. The summed E-state index contributed by atoms with van der Waals surface area (Å²) in [5.41, 5.74) is 5.63. The third kappa shape index (κ3) is 8.05. The Morgan fingerprint density at radius 3 is 2.53 bits per heavy atom. The summed E-state index contributed by atoms with van der Waals surface area (Å²) in [4.78, 5) is 4.09. The molecule has 0 aromatic rings. The van der Waals surface area contributed by atoms with Crippen molar-refractivity contribution < 1.29 is 13.2 Å². The number of sulfone groups is 1. The van der Waals surface area contributed by atoms with Crippen LogP contribution in [0, 0.1) is 0 Å². The molecule has 0 saturated heterocycles. The molecule has 0 bridgehead atoms. The van der Waals surface area contributed by atoms with E-state index in [-0.39, 0.29) is 18.3 Å². The first-order chi connectivity index (χ1) is 8.70. The van der Waals surface area contributed by atoms with E-state index < -0.39 is 14.6 Å². The van der Waals surface area contributed by atoms with Gasteiger partial charge in [0.05, 0.1) is 10.5 Å². The molecule has 0 aliphatic carbocycles. The van der Waals surface area contributed by atoms with Crippen LogP contribution < -0.4 is 11.1 Å². The lowest BCUT2D eigenvalue weighted by atomic mass is 10.3. The molecule has 0 aromatic heterocycles. The fourth-order valence-corrected chi connectivity index (χ4v) is 2.17. The lowest BCUT2D eigenvalue weighted by Gasteiger charge is -2.19. The molecule has 6 nitrogen and oxygen atoms in total. The second-order valence-electron chi connectivity index (χ2n) is 5.18. The van der Waals surface area contributed by atoms with Crippen molar-refractivity contribution in [1.29, 1.82) is 0 Å². The van der Waals surface area contributed by atoms with Gasteiger partial charge in [-0.15, -0.1) is 0 Å². The summed E-state index contributed by atoms with van der Waals surface area (Å²) in [6.45, 7) is 9.21. The van der Waals surface area contributed by atoms with Crippen molar-refractivity contribution in [2.24, 2.45) is 10.7 Å². The summed E-state index contributed by atoms with van der Waals surface area (Å²) in [7, 11) is -3.12.